The van der Waals surface area contributed by atoms with Gasteiger partial charge < -0.3 is 253 Å². The predicted octanol–water partition coefficient (Wildman–Crippen LogP) is -20.3. The lowest BCUT2D eigenvalue weighted by molar-refractivity contribution is -0.397. The molecule has 0 spiro atoms. The number of carbonyl (C=O) groups is 4. The van der Waals surface area contributed by atoms with E-state index in [-0.39, 0.29) is 0 Å². The molecule has 0 aromatic rings. The van der Waals surface area contributed by atoms with Crippen molar-refractivity contribution in [3.05, 3.63) is 0 Å². The van der Waals surface area contributed by atoms with Gasteiger partial charge in [0.1, 0.15) is 244 Å². The van der Waals surface area contributed by atoms with Gasteiger partial charge in [-0.15, -0.1) is 0 Å². The van der Waals surface area contributed by atoms with Gasteiger partial charge in [0.25, 0.3) is 0 Å². The summed E-state index contributed by atoms with van der Waals surface area (Å²) in [4.78, 5) is 52.1. The minimum atomic E-state index is -2.53. The maximum atomic E-state index is 13.5. The molecule has 10 rings (SSSR count). The van der Waals surface area contributed by atoms with E-state index in [1.54, 1.807) is 0 Å². The fourth-order valence-electron chi connectivity index (χ4n) is 16.5. The Morgan fingerprint density at radius 3 is 0.873 bits per heavy atom. The zero-order valence-corrected chi connectivity index (χ0v) is 68.7. The number of hydrogen-bond donors (Lipinski definition) is 29. The normalized spacial score (nSPS) is 48.5. The summed E-state index contributed by atoms with van der Waals surface area (Å²) in [5, 5.41) is 291. The van der Waals surface area contributed by atoms with Crippen molar-refractivity contribution < 1.29 is 251 Å². The van der Waals surface area contributed by atoms with Crippen LogP contribution in [0.25, 0.3) is 0 Å². The van der Waals surface area contributed by atoms with Gasteiger partial charge in [-0.3, -0.25) is 19.2 Å². The predicted molar refractivity (Wildman–Crippen MR) is 390 cm³/mol. The molecule has 10 aliphatic rings. The zero-order valence-electron chi connectivity index (χ0n) is 68.7. The van der Waals surface area contributed by atoms with Crippen LogP contribution in [0, 0.1) is 0 Å². The second kappa shape index (κ2) is 46.3. The minimum absolute atomic E-state index is 0.777. The van der Waals surface area contributed by atoms with Crippen LogP contribution in [0.15, 0.2) is 0 Å². The molecule has 10 aliphatic heterocycles. The van der Waals surface area contributed by atoms with E-state index in [1.807, 2.05) is 0 Å². The molecule has 10 heterocycles. The molecule has 4 amide bonds. The molecule has 0 aromatic heterocycles. The largest absolute Gasteiger partial charge is 0.394 e. The molecule has 0 saturated carbocycles. The Kier molecular flexibility index (Phi) is 38.2. The van der Waals surface area contributed by atoms with E-state index in [9.17, 15) is 147 Å². The van der Waals surface area contributed by atoms with Gasteiger partial charge in [0.15, 0.2) is 62.9 Å². The highest BCUT2D eigenvalue weighted by Gasteiger charge is 2.62. The molecule has 730 valence electrons. The van der Waals surface area contributed by atoms with Crippen LogP contribution in [0.1, 0.15) is 27.7 Å². The molecule has 0 aromatic carbocycles. The van der Waals surface area contributed by atoms with Gasteiger partial charge in [-0.25, -0.2) is 0 Å². The molecule has 50 atom stereocenters. The number of rotatable bonds is 35. The van der Waals surface area contributed by atoms with Crippen molar-refractivity contribution in [1.29, 1.82) is 0 Å². The number of aliphatic hydroxyl groups excluding tert-OH is 25. The lowest BCUT2D eigenvalue weighted by Gasteiger charge is -2.51. The third kappa shape index (κ3) is 23.1. The van der Waals surface area contributed by atoms with Crippen molar-refractivity contribution in [1.82, 2.24) is 21.3 Å². The quantitative estimate of drug-likeness (QED) is 0.0280. The van der Waals surface area contributed by atoms with Crippen molar-refractivity contribution in [3.63, 3.8) is 0 Å². The minimum Gasteiger partial charge on any atom is -0.394 e. The zero-order chi connectivity index (χ0) is 92.6. The number of amides is 4. The van der Waals surface area contributed by atoms with Gasteiger partial charge in [0, 0.05) is 49.0 Å². The summed E-state index contributed by atoms with van der Waals surface area (Å²) in [6.45, 7) is -6.24. The van der Waals surface area contributed by atoms with Gasteiger partial charge in [-0.2, -0.15) is 0 Å². The van der Waals surface area contributed by atoms with Crippen LogP contribution in [0.4, 0.5) is 0 Å². The standard InChI is InChI=1S/C71H120N4O51/c1-18(83)72-32-43(94)53(26(12-80)111-62(32)104)121-63-33(73-19(2)84)45(96)55(28(14-82)116-63)123-70-52(103)60(42(93)31(120-70)17-108-66-48(99)46(97)36(87)22(8-76)112-66)125-71-61(47(98)37(88)23(9-77)115-71)126-64-34(74-20(3)85)44(95)54(27(13-81)117-64)122-65-35(75-21(4)86)56(40(91)29(118-65)15-109-67-49(100)57(105-5)38(89)24(10-78)113-67)124-69-51(102)59(107-7)41(92)30(119-69)16-110-68-50(101)58(106-6)39(90)25(11-79)114-68/h22-71,76-82,87-104H,8-17H2,1-7H3,(H,72,83)(H,73,84)(H,74,85)(H,75,86)/t22-,23-,24-,25-,26-,27-,28-,29-,30-,31-,32-,33-,34-,35-,36-,37-,38+,39+,40+,41+,42-,43-,44-,45-,46+,47+,48+,49-,50-,51-,52+,53-,54-,55-,56-,57+,58+,59+,60+,61+,62?,63+,64+,65+,66+,67-,68-,69+,70+,71-/m1/s1. The molecule has 126 heavy (non-hydrogen) atoms. The summed E-state index contributed by atoms with van der Waals surface area (Å²) in [6.07, 6.45) is -91.3. The summed E-state index contributed by atoms with van der Waals surface area (Å²) < 4.78 is 130. The lowest BCUT2D eigenvalue weighted by atomic mass is 9.93. The Balaban J connectivity index is 0.956. The highest BCUT2D eigenvalue weighted by Crippen LogP contribution is 2.41. The topological polar surface area (TPSA) is 825 Å². The van der Waals surface area contributed by atoms with Crippen LogP contribution >= 0.6 is 0 Å². The van der Waals surface area contributed by atoms with Crippen LogP contribution in [0.3, 0.4) is 0 Å². The smallest absolute Gasteiger partial charge is 0.217 e. The second-order valence-electron chi connectivity index (χ2n) is 31.7. The summed E-state index contributed by atoms with van der Waals surface area (Å²) in [6, 6.07) is -7.60. The molecule has 55 nitrogen and oxygen atoms in total. The fourth-order valence-corrected chi connectivity index (χ4v) is 16.5. The molecule has 10 fully saturated rings. The average molecular weight is 1850 g/mol. The van der Waals surface area contributed by atoms with E-state index in [1.165, 1.54) is 0 Å². The maximum absolute atomic E-state index is 13.5. The number of carbonyl (C=O) groups excluding carboxylic acids is 4. The van der Waals surface area contributed by atoms with Crippen molar-refractivity contribution in [3.8, 4) is 0 Å². The Hall–Kier alpha value is -4.00. The first kappa shape index (κ1) is 104. The van der Waals surface area contributed by atoms with Gasteiger partial charge in [-0.05, 0) is 0 Å². The van der Waals surface area contributed by atoms with Crippen LogP contribution in [0.2, 0.25) is 0 Å². The highest BCUT2D eigenvalue weighted by molar-refractivity contribution is 5.74. The van der Waals surface area contributed by atoms with E-state index < -0.39 is 397 Å². The van der Waals surface area contributed by atoms with Crippen molar-refractivity contribution in [2.45, 2.75) is 335 Å². The first-order chi connectivity index (χ1) is 59.8. The van der Waals surface area contributed by atoms with Gasteiger partial charge in [0.05, 0.1) is 66.1 Å². The Morgan fingerprint density at radius 1 is 0.222 bits per heavy atom. The number of methoxy groups -OCH3 is 3. The van der Waals surface area contributed by atoms with Crippen LogP contribution < -0.4 is 21.3 Å². The second-order valence-corrected chi connectivity index (χ2v) is 31.7. The first-order valence-electron chi connectivity index (χ1n) is 40.3. The lowest BCUT2D eigenvalue weighted by Crippen LogP contribution is -2.71. The molecule has 29 N–H and O–H groups in total. The Labute approximate surface area is 715 Å². The Bertz CT molecular complexity index is 3370. The molecule has 0 bridgehead atoms. The summed E-state index contributed by atoms with van der Waals surface area (Å²) in [5.74, 6) is -3.70. The van der Waals surface area contributed by atoms with E-state index in [0.717, 1.165) is 49.0 Å². The third-order valence-electron chi connectivity index (χ3n) is 23.2. The maximum Gasteiger partial charge on any atom is 0.217 e. The fraction of sp³-hybridized carbons (Fsp3) is 0.944. The SMILES string of the molecule is CO[C@H]1[C@@H](O)[C@@H](CO)O[C@@H](OC[C@H]2O[C@@H](O[C@H]3[C@@H](O)[C@@H](CO[C@@H]4O[C@H](CO)[C@H](O)[C@H](OC)[C@H]4O)O[C@@H](O[C@H]4[C@H](O)[C@@H](NC(C)=O)[C@H](O[C@@H]5[C@@H](O[C@@H]6[C@H](O)[C@H](O[C@H]7[C@H](O)[C@@H](NC(C)=O)[C@H](O[C@H]8[C@H](O)[C@@H](NC(C)=O)C(O)O[C@@H]8CO)O[C@@H]7CO)O[C@H](CO[C@H]7O[C@H](CO)[C@@H](O)[C@H](O)[C@@H]7O)[C@H]6O)O[C@H](CO)[C@@H](O)[C@@H]5O)O[C@@H]4CO)[C@@H]3NC(C)=O)[C@H](O)[C@@H](OC)[C@H]2O)[C@@H]1O. The van der Waals surface area contributed by atoms with Crippen LogP contribution in [0.5, 0.6) is 0 Å². The van der Waals surface area contributed by atoms with E-state index in [0.29, 0.717) is 0 Å². The number of hydrogen-bond acceptors (Lipinski definition) is 51. The van der Waals surface area contributed by atoms with Crippen molar-refractivity contribution in [2.75, 3.05) is 87.4 Å². The molecule has 55 heteroatoms. The monoisotopic (exact) mass is 1840 g/mol. The molecular weight excluding hydrogens is 1720 g/mol. The Morgan fingerprint density at radius 2 is 0.476 bits per heavy atom. The van der Waals surface area contributed by atoms with Crippen LogP contribution in [-0.2, 0) is 123 Å². The van der Waals surface area contributed by atoms with Gasteiger partial charge in [0.2, 0.25) is 23.6 Å². The van der Waals surface area contributed by atoms with Gasteiger partial charge in [-0.1, -0.05) is 0 Å². The summed E-state index contributed by atoms with van der Waals surface area (Å²) in [7, 11) is 3.29. The first-order valence-corrected chi connectivity index (χ1v) is 40.3. The van der Waals surface area contributed by atoms with E-state index >= 15 is 0 Å². The van der Waals surface area contributed by atoms with Gasteiger partial charge >= 0.3 is 0 Å². The van der Waals surface area contributed by atoms with E-state index in [4.69, 9.17) is 104 Å². The highest BCUT2D eigenvalue weighted by atomic mass is 16.8. The number of ether oxygens (including phenoxy) is 22. The average Bonchev–Trinajstić information content (AvgIpc) is 0.754. The third-order valence-corrected chi connectivity index (χ3v) is 23.2. The van der Waals surface area contributed by atoms with Crippen molar-refractivity contribution in [2.24, 2.45) is 0 Å². The molecule has 0 radical (unpaired) electrons. The molecule has 10 saturated heterocycles. The van der Waals surface area contributed by atoms with E-state index in [2.05, 4.69) is 21.3 Å². The van der Waals surface area contributed by atoms with Crippen LogP contribution in [-0.4, -0.2) is 546 Å². The number of nitrogens with one attached hydrogen (secondary N) is 4. The summed E-state index contributed by atoms with van der Waals surface area (Å²) in [5.41, 5.74) is 0. The summed E-state index contributed by atoms with van der Waals surface area (Å²) >= 11 is 0. The molecule has 0 aliphatic carbocycles. The molecule has 1 unspecified atom stereocenters. The van der Waals surface area contributed by atoms with Crippen molar-refractivity contribution >= 4 is 23.6 Å². The molecular formula is C71H120N4O51. The number of aliphatic hydroxyl groups is 25.